The molecule has 0 radical (unpaired) electrons. The molecule has 6 heteroatoms. The van der Waals surface area contributed by atoms with E-state index in [1.807, 2.05) is 24.4 Å². The predicted octanol–water partition coefficient (Wildman–Crippen LogP) is 5.74. The molecule has 1 aromatic carbocycles. The summed E-state index contributed by atoms with van der Waals surface area (Å²) < 4.78 is 4.02. The number of hydrogen-bond donors (Lipinski definition) is 1. The van der Waals surface area contributed by atoms with E-state index in [0.717, 1.165) is 29.1 Å². The van der Waals surface area contributed by atoms with Crippen molar-refractivity contribution >= 4 is 69.4 Å². The third-order valence-electron chi connectivity index (χ3n) is 2.24. The zero-order chi connectivity index (χ0) is 13.1. The van der Waals surface area contributed by atoms with E-state index in [1.165, 1.54) is 0 Å². The van der Waals surface area contributed by atoms with Crippen molar-refractivity contribution in [3.8, 4) is 0 Å². The van der Waals surface area contributed by atoms with E-state index in [1.54, 1.807) is 6.20 Å². The topological polar surface area (TPSA) is 24.9 Å². The highest BCUT2D eigenvalue weighted by molar-refractivity contribution is 9.11. The normalized spacial score (nSPS) is 10.4. The molecule has 0 aliphatic rings. The Morgan fingerprint density at radius 2 is 1.56 bits per heavy atom. The number of rotatable bonds is 3. The minimum absolute atomic E-state index is 0.714. The molecule has 0 fully saturated rings. The van der Waals surface area contributed by atoms with Crippen LogP contribution in [0.3, 0.4) is 0 Å². The van der Waals surface area contributed by atoms with Crippen LogP contribution in [0.4, 0.5) is 5.69 Å². The third kappa shape index (κ3) is 3.79. The molecule has 0 spiro atoms. The number of hydrogen-bond acceptors (Lipinski definition) is 2. The van der Waals surface area contributed by atoms with Crippen LogP contribution >= 0.6 is 63.7 Å². The Morgan fingerprint density at radius 3 is 2.17 bits per heavy atom. The molecule has 0 unspecified atom stereocenters. The van der Waals surface area contributed by atoms with Crippen LogP contribution in [0.5, 0.6) is 0 Å². The van der Waals surface area contributed by atoms with Gasteiger partial charge in [-0.1, -0.05) is 15.9 Å². The van der Waals surface area contributed by atoms with Crippen molar-refractivity contribution in [2.45, 2.75) is 6.54 Å². The Hall–Kier alpha value is 0.0900. The van der Waals surface area contributed by atoms with E-state index < -0.39 is 0 Å². The van der Waals surface area contributed by atoms with Crippen LogP contribution in [0, 0.1) is 0 Å². The zero-order valence-electron chi connectivity index (χ0n) is 9.05. The minimum Gasteiger partial charge on any atom is -0.379 e. The number of aromatic nitrogens is 1. The fourth-order valence-corrected chi connectivity index (χ4v) is 4.41. The van der Waals surface area contributed by atoms with Gasteiger partial charge < -0.3 is 5.32 Å². The molecule has 0 saturated heterocycles. The van der Waals surface area contributed by atoms with Crippen LogP contribution in [0.2, 0.25) is 0 Å². The predicted molar refractivity (Wildman–Crippen MR) is 88.8 cm³/mol. The van der Waals surface area contributed by atoms with Crippen LogP contribution in [-0.2, 0) is 6.54 Å². The molecule has 0 aliphatic carbocycles. The molecule has 18 heavy (non-hydrogen) atoms. The summed E-state index contributed by atoms with van der Waals surface area (Å²) in [5.74, 6) is 0. The van der Waals surface area contributed by atoms with Crippen LogP contribution in [-0.4, -0.2) is 4.98 Å². The fourth-order valence-electron chi connectivity index (χ4n) is 1.45. The monoisotopic (exact) mass is 496 g/mol. The summed E-state index contributed by atoms with van der Waals surface area (Å²) in [5.41, 5.74) is 2.14. The summed E-state index contributed by atoms with van der Waals surface area (Å²) >= 11 is 13.9. The van der Waals surface area contributed by atoms with Crippen molar-refractivity contribution < 1.29 is 0 Å². The second kappa shape index (κ2) is 6.50. The van der Waals surface area contributed by atoms with E-state index in [-0.39, 0.29) is 0 Å². The molecule has 1 N–H and O–H groups in total. The zero-order valence-corrected chi connectivity index (χ0v) is 15.4. The first kappa shape index (κ1) is 14.5. The van der Waals surface area contributed by atoms with Crippen molar-refractivity contribution in [2.75, 3.05) is 5.32 Å². The van der Waals surface area contributed by atoms with Crippen LogP contribution in [0.25, 0.3) is 0 Å². The number of pyridine rings is 1. The quantitative estimate of drug-likeness (QED) is 0.582. The Morgan fingerprint density at radius 1 is 0.889 bits per heavy atom. The maximum atomic E-state index is 4.14. The fraction of sp³-hybridized carbons (Fsp3) is 0.0833. The van der Waals surface area contributed by atoms with Gasteiger partial charge in [-0.25, -0.2) is 0 Å². The molecule has 0 amide bonds. The maximum absolute atomic E-state index is 4.14. The average Bonchev–Trinajstić information content (AvgIpc) is 2.27. The van der Waals surface area contributed by atoms with Gasteiger partial charge in [-0.15, -0.1) is 0 Å². The summed E-state index contributed by atoms with van der Waals surface area (Å²) in [4.78, 5) is 4.14. The van der Waals surface area contributed by atoms with E-state index in [2.05, 4.69) is 74.0 Å². The summed E-state index contributed by atoms with van der Waals surface area (Å²) in [6, 6.07) is 6.05. The highest BCUT2D eigenvalue weighted by Gasteiger charge is 2.06. The molecule has 2 aromatic rings. The van der Waals surface area contributed by atoms with Crippen LogP contribution in [0.15, 0.2) is 48.5 Å². The number of nitrogens with one attached hydrogen (secondary N) is 1. The Kier molecular flexibility index (Phi) is 5.24. The lowest BCUT2D eigenvalue weighted by molar-refractivity contribution is 1.10. The highest BCUT2D eigenvalue weighted by Crippen LogP contribution is 2.34. The smallest absolute Gasteiger partial charge is 0.0632 e. The van der Waals surface area contributed by atoms with E-state index in [4.69, 9.17) is 0 Å². The van der Waals surface area contributed by atoms with Gasteiger partial charge in [0.15, 0.2) is 0 Å². The van der Waals surface area contributed by atoms with Gasteiger partial charge in [-0.2, -0.15) is 0 Å². The van der Waals surface area contributed by atoms with Crippen molar-refractivity contribution in [1.29, 1.82) is 0 Å². The molecule has 0 aliphatic heterocycles. The molecule has 1 heterocycles. The number of anilines is 1. The van der Waals surface area contributed by atoms with E-state index in [0.29, 0.717) is 6.54 Å². The van der Waals surface area contributed by atoms with Gasteiger partial charge in [0.1, 0.15) is 0 Å². The molecule has 0 bridgehead atoms. The summed E-state index contributed by atoms with van der Waals surface area (Å²) in [6.45, 7) is 0.714. The lowest BCUT2D eigenvalue weighted by Gasteiger charge is -2.11. The molecular formula is C12H8Br4N2. The number of nitrogens with zero attached hydrogens (tertiary/aromatic N) is 1. The number of halogens is 4. The van der Waals surface area contributed by atoms with Gasteiger partial charge in [0, 0.05) is 36.8 Å². The highest BCUT2D eigenvalue weighted by atomic mass is 79.9. The average molecular weight is 500 g/mol. The Bertz CT molecular complexity index is 549. The summed E-state index contributed by atoms with van der Waals surface area (Å²) in [7, 11) is 0. The van der Waals surface area contributed by atoms with Gasteiger partial charge in [0.25, 0.3) is 0 Å². The third-order valence-corrected chi connectivity index (χ3v) is 4.38. The molecular weight excluding hydrogens is 492 g/mol. The Balaban J connectivity index is 2.16. The van der Waals surface area contributed by atoms with Crippen molar-refractivity contribution in [3.63, 3.8) is 0 Å². The van der Waals surface area contributed by atoms with Crippen molar-refractivity contribution in [1.82, 2.24) is 4.98 Å². The molecule has 2 rings (SSSR count). The molecule has 0 atom stereocenters. The van der Waals surface area contributed by atoms with Crippen molar-refractivity contribution in [2.24, 2.45) is 0 Å². The first-order valence-electron chi connectivity index (χ1n) is 5.04. The standard InChI is InChI=1S/C12H8Br4N2/c13-8-2-10(15)12(11(16)3-8)18-5-7-1-9(14)6-17-4-7/h1-4,6,18H,5H2. The second-order valence-corrected chi connectivity index (χ2v) is 7.15. The van der Waals surface area contributed by atoms with E-state index in [9.17, 15) is 0 Å². The van der Waals surface area contributed by atoms with Gasteiger partial charge in [0.05, 0.1) is 5.69 Å². The minimum atomic E-state index is 0.714. The SMILES string of the molecule is Brc1cncc(CNc2c(Br)cc(Br)cc2Br)c1. The van der Waals surface area contributed by atoms with Gasteiger partial charge in [0.2, 0.25) is 0 Å². The van der Waals surface area contributed by atoms with Crippen molar-refractivity contribution in [3.05, 3.63) is 54.0 Å². The molecule has 1 aromatic heterocycles. The molecule has 94 valence electrons. The number of benzene rings is 1. The Labute approximate surface area is 139 Å². The molecule has 2 nitrogen and oxygen atoms in total. The van der Waals surface area contributed by atoms with Crippen LogP contribution < -0.4 is 5.32 Å². The maximum Gasteiger partial charge on any atom is 0.0632 e. The van der Waals surface area contributed by atoms with E-state index >= 15 is 0 Å². The first-order valence-corrected chi connectivity index (χ1v) is 8.21. The summed E-state index contributed by atoms with van der Waals surface area (Å²) in [5, 5.41) is 3.38. The van der Waals surface area contributed by atoms with Gasteiger partial charge >= 0.3 is 0 Å². The van der Waals surface area contributed by atoms with Gasteiger partial charge in [-0.3, -0.25) is 4.98 Å². The first-order chi connectivity index (χ1) is 8.56. The largest absolute Gasteiger partial charge is 0.379 e. The lowest BCUT2D eigenvalue weighted by Crippen LogP contribution is -2.01. The molecule has 0 saturated carbocycles. The summed E-state index contributed by atoms with van der Waals surface area (Å²) in [6.07, 6.45) is 3.62. The van der Waals surface area contributed by atoms with Gasteiger partial charge in [-0.05, 0) is 71.6 Å². The second-order valence-electron chi connectivity index (χ2n) is 3.61. The van der Waals surface area contributed by atoms with Crippen LogP contribution in [0.1, 0.15) is 5.56 Å². The lowest BCUT2D eigenvalue weighted by atomic mass is 10.2.